The molecule has 1 aromatic rings. The van der Waals surface area contributed by atoms with Crippen molar-refractivity contribution in [3.8, 4) is 0 Å². The molecule has 0 unspecified atom stereocenters. The minimum atomic E-state index is -0.463. The zero-order valence-corrected chi connectivity index (χ0v) is 9.19. The van der Waals surface area contributed by atoms with Gasteiger partial charge in [-0.3, -0.25) is 4.79 Å². The summed E-state index contributed by atoms with van der Waals surface area (Å²) >= 11 is 0. The highest BCUT2D eigenvalue weighted by molar-refractivity contribution is 5.92. The molecule has 0 aromatic carbocycles. The molecule has 0 spiro atoms. The van der Waals surface area contributed by atoms with Crippen LogP contribution in [0.1, 0.15) is 23.8 Å². The molecule has 88 valence electrons. The first-order chi connectivity index (χ1) is 7.69. The number of hydrogen-bond donors (Lipinski definition) is 1. The van der Waals surface area contributed by atoms with Crippen molar-refractivity contribution in [2.24, 2.45) is 0 Å². The minimum absolute atomic E-state index is 0.0423. The summed E-state index contributed by atoms with van der Waals surface area (Å²) in [4.78, 5) is 17.1. The Hall–Kier alpha value is -1.49. The minimum Gasteiger partial charge on any atom is -0.396 e. The summed E-state index contributed by atoms with van der Waals surface area (Å²) in [5.41, 5.74) is 0.223. The molecule has 0 saturated heterocycles. The molecule has 1 aromatic heterocycles. The highest BCUT2D eigenvalue weighted by Gasteiger charge is 2.14. The molecule has 0 fully saturated rings. The molecule has 0 saturated carbocycles. The summed E-state index contributed by atoms with van der Waals surface area (Å²) in [5.74, 6) is -0.703. The van der Waals surface area contributed by atoms with E-state index in [1.54, 1.807) is 4.90 Å². The lowest BCUT2D eigenvalue weighted by molar-refractivity contribution is 0.0748. The van der Waals surface area contributed by atoms with Crippen LogP contribution in [-0.4, -0.2) is 40.6 Å². The third-order valence-electron chi connectivity index (χ3n) is 2.20. The number of carbonyl (C=O) groups excluding carboxylic acids is 1. The number of aliphatic hydroxyl groups is 1. The SMILES string of the molecule is CCN(CCCO)C(=O)c1ccc(F)cn1. The summed E-state index contributed by atoms with van der Waals surface area (Å²) in [7, 11) is 0. The van der Waals surface area contributed by atoms with E-state index in [0.29, 0.717) is 19.5 Å². The van der Waals surface area contributed by atoms with Crippen LogP contribution >= 0.6 is 0 Å². The average molecular weight is 226 g/mol. The standard InChI is InChI=1S/C11H15FN2O2/c1-2-14(6-3-7-15)11(16)10-5-4-9(12)8-13-10/h4-5,8,15H,2-3,6-7H2,1H3. The molecule has 1 heterocycles. The Labute approximate surface area is 93.7 Å². The van der Waals surface area contributed by atoms with Crippen LogP contribution in [-0.2, 0) is 0 Å². The molecular weight excluding hydrogens is 211 g/mol. The van der Waals surface area contributed by atoms with Gasteiger partial charge in [0.15, 0.2) is 0 Å². The highest BCUT2D eigenvalue weighted by atomic mass is 19.1. The van der Waals surface area contributed by atoms with Crippen molar-refractivity contribution in [2.45, 2.75) is 13.3 Å². The number of amides is 1. The zero-order chi connectivity index (χ0) is 12.0. The van der Waals surface area contributed by atoms with Crippen LogP contribution in [0.2, 0.25) is 0 Å². The van der Waals surface area contributed by atoms with E-state index in [2.05, 4.69) is 4.98 Å². The van der Waals surface area contributed by atoms with Gasteiger partial charge in [0.1, 0.15) is 11.5 Å². The van der Waals surface area contributed by atoms with Crippen molar-refractivity contribution in [3.63, 3.8) is 0 Å². The van der Waals surface area contributed by atoms with Gasteiger partial charge in [-0.2, -0.15) is 0 Å². The maximum atomic E-state index is 12.6. The summed E-state index contributed by atoms with van der Waals surface area (Å²) < 4.78 is 12.6. The number of hydrogen-bond acceptors (Lipinski definition) is 3. The fourth-order valence-electron chi connectivity index (χ4n) is 1.33. The number of carbonyl (C=O) groups is 1. The molecule has 0 radical (unpaired) electrons. The molecule has 0 bridgehead atoms. The second kappa shape index (κ2) is 6.17. The topological polar surface area (TPSA) is 53.4 Å². The number of aromatic nitrogens is 1. The molecular formula is C11H15FN2O2. The predicted octanol–water partition coefficient (Wildman–Crippen LogP) is 1.07. The zero-order valence-electron chi connectivity index (χ0n) is 9.19. The van der Waals surface area contributed by atoms with E-state index in [4.69, 9.17) is 5.11 Å². The van der Waals surface area contributed by atoms with Gasteiger partial charge >= 0.3 is 0 Å². The van der Waals surface area contributed by atoms with Crippen molar-refractivity contribution in [1.82, 2.24) is 9.88 Å². The van der Waals surface area contributed by atoms with Crippen molar-refractivity contribution in [2.75, 3.05) is 19.7 Å². The van der Waals surface area contributed by atoms with Gasteiger partial charge < -0.3 is 10.0 Å². The van der Waals surface area contributed by atoms with Gasteiger partial charge in [0.05, 0.1) is 6.20 Å². The maximum absolute atomic E-state index is 12.6. The molecule has 0 atom stereocenters. The van der Waals surface area contributed by atoms with Gasteiger partial charge in [-0.25, -0.2) is 9.37 Å². The van der Waals surface area contributed by atoms with Gasteiger partial charge in [0, 0.05) is 19.7 Å². The largest absolute Gasteiger partial charge is 0.396 e. The van der Waals surface area contributed by atoms with Crippen LogP contribution in [0.15, 0.2) is 18.3 Å². The highest BCUT2D eigenvalue weighted by Crippen LogP contribution is 2.04. The van der Waals surface area contributed by atoms with E-state index in [1.165, 1.54) is 12.1 Å². The molecule has 0 aliphatic rings. The van der Waals surface area contributed by atoms with Crippen molar-refractivity contribution in [3.05, 3.63) is 29.8 Å². The molecule has 1 rings (SSSR count). The second-order valence-electron chi connectivity index (χ2n) is 3.32. The quantitative estimate of drug-likeness (QED) is 0.817. The van der Waals surface area contributed by atoms with Gasteiger partial charge in [-0.05, 0) is 25.5 Å². The Morgan fingerprint density at radius 2 is 2.31 bits per heavy atom. The molecule has 0 aliphatic heterocycles. The van der Waals surface area contributed by atoms with Gasteiger partial charge in [-0.15, -0.1) is 0 Å². The number of rotatable bonds is 5. The summed E-state index contributed by atoms with van der Waals surface area (Å²) in [6.45, 7) is 2.90. The van der Waals surface area contributed by atoms with Crippen molar-refractivity contribution < 1.29 is 14.3 Å². The maximum Gasteiger partial charge on any atom is 0.272 e. The first-order valence-electron chi connectivity index (χ1n) is 5.20. The average Bonchev–Trinajstić information content (AvgIpc) is 2.30. The summed E-state index contributed by atoms with van der Waals surface area (Å²) in [6, 6.07) is 2.57. The third kappa shape index (κ3) is 3.27. The van der Waals surface area contributed by atoms with E-state index < -0.39 is 5.82 Å². The Morgan fingerprint density at radius 1 is 1.56 bits per heavy atom. The first kappa shape index (κ1) is 12.6. The Kier molecular flexibility index (Phi) is 4.85. The van der Waals surface area contributed by atoms with Gasteiger partial charge in [0.2, 0.25) is 0 Å². The molecule has 5 heteroatoms. The van der Waals surface area contributed by atoms with Gasteiger partial charge in [-0.1, -0.05) is 0 Å². The van der Waals surface area contributed by atoms with Crippen molar-refractivity contribution in [1.29, 1.82) is 0 Å². The van der Waals surface area contributed by atoms with Crippen LogP contribution in [0, 0.1) is 5.82 Å². The Balaban J connectivity index is 2.70. The van der Waals surface area contributed by atoms with Crippen LogP contribution in [0.3, 0.4) is 0 Å². The number of pyridine rings is 1. The Morgan fingerprint density at radius 3 is 2.81 bits per heavy atom. The van der Waals surface area contributed by atoms with E-state index in [9.17, 15) is 9.18 Å². The van der Waals surface area contributed by atoms with Crippen molar-refractivity contribution >= 4 is 5.91 Å². The van der Waals surface area contributed by atoms with E-state index in [-0.39, 0.29) is 18.2 Å². The smallest absolute Gasteiger partial charge is 0.272 e. The lowest BCUT2D eigenvalue weighted by Gasteiger charge is -2.19. The van der Waals surface area contributed by atoms with Crippen LogP contribution in [0.25, 0.3) is 0 Å². The van der Waals surface area contributed by atoms with Crippen LogP contribution < -0.4 is 0 Å². The fourth-order valence-corrected chi connectivity index (χ4v) is 1.33. The first-order valence-corrected chi connectivity index (χ1v) is 5.20. The Bertz CT molecular complexity index is 340. The summed E-state index contributed by atoms with van der Waals surface area (Å²) in [5, 5.41) is 8.70. The predicted molar refractivity (Wildman–Crippen MR) is 57.5 cm³/mol. The number of nitrogens with zero attached hydrogens (tertiary/aromatic N) is 2. The molecule has 1 amide bonds. The van der Waals surface area contributed by atoms with Crippen LogP contribution in [0.5, 0.6) is 0 Å². The molecule has 0 aliphatic carbocycles. The molecule has 4 nitrogen and oxygen atoms in total. The van der Waals surface area contributed by atoms with Crippen LogP contribution in [0.4, 0.5) is 4.39 Å². The molecule has 16 heavy (non-hydrogen) atoms. The fraction of sp³-hybridized carbons (Fsp3) is 0.455. The second-order valence-corrected chi connectivity index (χ2v) is 3.32. The third-order valence-corrected chi connectivity index (χ3v) is 2.20. The van der Waals surface area contributed by atoms with E-state index in [1.807, 2.05) is 6.92 Å². The van der Waals surface area contributed by atoms with E-state index in [0.717, 1.165) is 6.20 Å². The van der Waals surface area contributed by atoms with E-state index >= 15 is 0 Å². The lowest BCUT2D eigenvalue weighted by Crippen LogP contribution is -2.32. The number of aliphatic hydroxyl groups excluding tert-OH is 1. The van der Waals surface area contributed by atoms with Gasteiger partial charge in [0.25, 0.3) is 5.91 Å². The molecule has 1 N–H and O–H groups in total. The summed E-state index contributed by atoms with van der Waals surface area (Å²) in [6.07, 6.45) is 1.55. The normalized spacial score (nSPS) is 10.2. The monoisotopic (exact) mass is 226 g/mol. The lowest BCUT2D eigenvalue weighted by atomic mass is 10.3. The number of halogens is 1.